The zero-order valence-corrected chi connectivity index (χ0v) is 23.5. The number of para-hydroxylation sites is 1. The number of carbonyl (C=O) groups excluding carboxylic acids is 2. The summed E-state index contributed by atoms with van der Waals surface area (Å²) in [6.07, 6.45) is 0.351. The summed E-state index contributed by atoms with van der Waals surface area (Å²) in [4.78, 5) is 28.4. The molecular formula is C29H35N3O6S. The molecular weight excluding hydrogens is 518 g/mol. The van der Waals surface area contributed by atoms with Crippen LogP contribution in [-0.4, -0.2) is 58.5 Å². The third-order valence-electron chi connectivity index (χ3n) is 6.22. The van der Waals surface area contributed by atoms with Crippen molar-refractivity contribution in [2.45, 2.75) is 37.8 Å². The number of rotatable bonds is 13. The smallest absolute Gasteiger partial charge is 0.264 e. The second kappa shape index (κ2) is 13.7. The van der Waals surface area contributed by atoms with Crippen molar-refractivity contribution in [3.63, 3.8) is 0 Å². The molecule has 0 aliphatic rings. The van der Waals surface area contributed by atoms with Gasteiger partial charge in [0.05, 0.1) is 24.8 Å². The highest BCUT2D eigenvalue weighted by molar-refractivity contribution is 7.92. The van der Waals surface area contributed by atoms with Crippen LogP contribution < -0.4 is 19.1 Å². The van der Waals surface area contributed by atoms with E-state index in [0.717, 1.165) is 9.87 Å². The van der Waals surface area contributed by atoms with Crippen LogP contribution in [0.15, 0.2) is 83.8 Å². The van der Waals surface area contributed by atoms with E-state index >= 15 is 0 Å². The molecule has 9 nitrogen and oxygen atoms in total. The van der Waals surface area contributed by atoms with Crippen molar-refractivity contribution in [1.82, 2.24) is 10.2 Å². The summed E-state index contributed by atoms with van der Waals surface area (Å²) in [7, 11) is -1.08. The van der Waals surface area contributed by atoms with E-state index in [0.29, 0.717) is 30.2 Å². The van der Waals surface area contributed by atoms with Crippen molar-refractivity contribution >= 4 is 27.5 Å². The maximum absolute atomic E-state index is 13.9. The Hall–Kier alpha value is -4.05. The molecule has 0 aliphatic heterocycles. The Morgan fingerprint density at radius 2 is 1.41 bits per heavy atom. The summed E-state index contributed by atoms with van der Waals surface area (Å²) in [5, 5.41) is 2.79. The number of carbonyl (C=O) groups is 2. The van der Waals surface area contributed by atoms with Crippen molar-refractivity contribution < 1.29 is 27.5 Å². The molecule has 3 aromatic rings. The van der Waals surface area contributed by atoms with Crippen LogP contribution >= 0.6 is 0 Å². The molecule has 2 amide bonds. The second-order valence-corrected chi connectivity index (χ2v) is 10.6. The van der Waals surface area contributed by atoms with Gasteiger partial charge in [0.15, 0.2) is 0 Å². The van der Waals surface area contributed by atoms with E-state index in [4.69, 9.17) is 9.47 Å². The van der Waals surface area contributed by atoms with Crippen LogP contribution in [-0.2, 0) is 26.2 Å². The van der Waals surface area contributed by atoms with Crippen LogP contribution in [0, 0.1) is 0 Å². The molecule has 0 radical (unpaired) electrons. The van der Waals surface area contributed by atoms with Gasteiger partial charge in [-0.2, -0.15) is 0 Å². The first kappa shape index (κ1) is 29.5. The number of nitrogens with zero attached hydrogens (tertiary/aromatic N) is 2. The van der Waals surface area contributed by atoms with Gasteiger partial charge in [0.1, 0.15) is 24.1 Å². The number of benzene rings is 3. The van der Waals surface area contributed by atoms with Gasteiger partial charge in [-0.25, -0.2) is 8.42 Å². The van der Waals surface area contributed by atoms with E-state index in [2.05, 4.69) is 5.32 Å². The molecule has 10 heteroatoms. The van der Waals surface area contributed by atoms with Crippen LogP contribution in [0.5, 0.6) is 11.5 Å². The largest absolute Gasteiger partial charge is 0.497 e. The van der Waals surface area contributed by atoms with Crippen LogP contribution in [0.4, 0.5) is 5.69 Å². The first-order valence-corrected chi connectivity index (χ1v) is 14.1. The maximum Gasteiger partial charge on any atom is 0.264 e. The van der Waals surface area contributed by atoms with E-state index < -0.39 is 28.5 Å². The molecule has 39 heavy (non-hydrogen) atoms. The van der Waals surface area contributed by atoms with Gasteiger partial charge in [-0.05, 0) is 67.4 Å². The molecule has 0 spiro atoms. The quantitative estimate of drug-likeness (QED) is 0.345. The molecule has 0 bridgehead atoms. The van der Waals surface area contributed by atoms with Crippen LogP contribution in [0.1, 0.15) is 25.8 Å². The number of nitrogens with one attached hydrogen (secondary N) is 1. The second-order valence-electron chi connectivity index (χ2n) is 8.71. The molecule has 0 saturated heterocycles. The number of hydrogen-bond donors (Lipinski definition) is 1. The molecule has 3 rings (SSSR count). The minimum Gasteiger partial charge on any atom is -0.497 e. The first-order valence-electron chi connectivity index (χ1n) is 12.7. The molecule has 1 N–H and O–H groups in total. The zero-order chi connectivity index (χ0) is 28.4. The Labute approximate surface area is 230 Å². The SMILES string of the molecule is CCNC(=O)[C@H](CC)N(Cc1ccc(OC)cc1)C(=O)CN(c1ccccc1)S(=O)(=O)c1ccc(OC)cc1. The minimum atomic E-state index is -4.14. The van der Waals surface area contributed by atoms with Gasteiger partial charge in [0, 0.05) is 13.1 Å². The summed E-state index contributed by atoms with van der Waals surface area (Å²) in [6.45, 7) is 3.64. The van der Waals surface area contributed by atoms with Crippen molar-refractivity contribution in [2.24, 2.45) is 0 Å². The summed E-state index contributed by atoms with van der Waals surface area (Å²) < 4.78 is 39.1. The molecule has 0 unspecified atom stereocenters. The summed E-state index contributed by atoms with van der Waals surface area (Å²) in [5.41, 5.74) is 1.10. The lowest BCUT2D eigenvalue weighted by Crippen LogP contribution is -2.52. The Balaban J connectivity index is 2.02. The van der Waals surface area contributed by atoms with Gasteiger partial charge in [0.25, 0.3) is 10.0 Å². The van der Waals surface area contributed by atoms with Crippen LogP contribution in [0.25, 0.3) is 0 Å². The average molecular weight is 554 g/mol. The van der Waals surface area contributed by atoms with Crippen molar-refractivity contribution in [1.29, 1.82) is 0 Å². The lowest BCUT2D eigenvalue weighted by Gasteiger charge is -2.33. The third-order valence-corrected chi connectivity index (χ3v) is 8.01. The topological polar surface area (TPSA) is 105 Å². The number of likely N-dealkylation sites (N-methyl/N-ethyl adjacent to an activating group) is 1. The van der Waals surface area contributed by atoms with Gasteiger partial charge < -0.3 is 19.7 Å². The predicted molar refractivity (Wildman–Crippen MR) is 150 cm³/mol. The molecule has 0 fully saturated rings. The zero-order valence-electron chi connectivity index (χ0n) is 22.7. The van der Waals surface area contributed by atoms with Crippen molar-refractivity contribution in [3.8, 4) is 11.5 Å². The van der Waals surface area contributed by atoms with Gasteiger partial charge in [-0.15, -0.1) is 0 Å². The fourth-order valence-corrected chi connectivity index (χ4v) is 5.55. The van der Waals surface area contributed by atoms with Gasteiger partial charge in [-0.1, -0.05) is 37.3 Å². The highest BCUT2D eigenvalue weighted by atomic mass is 32.2. The molecule has 1 atom stereocenters. The van der Waals surface area contributed by atoms with Gasteiger partial charge >= 0.3 is 0 Å². The lowest BCUT2D eigenvalue weighted by atomic mass is 10.1. The van der Waals surface area contributed by atoms with E-state index in [1.54, 1.807) is 68.6 Å². The summed E-state index contributed by atoms with van der Waals surface area (Å²) in [6, 6.07) is 20.8. The standard InChI is InChI=1S/C29H35N3O6S/c1-5-27(29(34)30-6-2)31(20-22-12-14-24(37-3)15-13-22)28(33)21-32(23-10-8-7-9-11-23)39(35,36)26-18-16-25(38-4)17-19-26/h7-19,27H,5-6,20-21H2,1-4H3,(H,30,34)/t27-/m0/s1. The highest BCUT2D eigenvalue weighted by Crippen LogP contribution is 2.26. The normalized spacial score (nSPS) is 11.8. The molecule has 0 heterocycles. The molecule has 3 aromatic carbocycles. The summed E-state index contributed by atoms with van der Waals surface area (Å²) in [5.74, 6) is 0.360. The first-order chi connectivity index (χ1) is 18.7. The lowest BCUT2D eigenvalue weighted by molar-refractivity contribution is -0.140. The van der Waals surface area contributed by atoms with E-state index in [9.17, 15) is 18.0 Å². The number of methoxy groups -OCH3 is 2. The molecule has 0 saturated carbocycles. The number of amides is 2. The highest BCUT2D eigenvalue weighted by Gasteiger charge is 2.33. The Kier molecular flexibility index (Phi) is 10.3. The Morgan fingerprint density at radius 1 is 0.846 bits per heavy atom. The summed E-state index contributed by atoms with van der Waals surface area (Å²) >= 11 is 0. The van der Waals surface area contributed by atoms with E-state index in [1.165, 1.54) is 24.1 Å². The van der Waals surface area contributed by atoms with Crippen molar-refractivity contribution in [3.05, 3.63) is 84.4 Å². The van der Waals surface area contributed by atoms with E-state index in [-0.39, 0.29) is 17.3 Å². The van der Waals surface area contributed by atoms with Crippen LogP contribution in [0.2, 0.25) is 0 Å². The van der Waals surface area contributed by atoms with Crippen LogP contribution in [0.3, 0.4) is 0 Å². The van der Waals surface area contributed by atoms with Crippen molar-refractivity contribution in [2.75, 3.05) is 31.6 Å². The molecule has 208 valence electrons. The third kappa shape index (κ3) is 7.29. The number of sulfonamides is 1. The Bertz CT molecular complexity index is 1330. The number of anilines is 1. The monoisotopic (exact) mass is 553 g/mol. The molecule has 0 aliphatic carbocycles. The fourth-order valence-electron chi connectivity index (χ4n) is 4.14. The van der Waals surface area contributed by atoms with Gasteiger partial charge in [0.2, 0.25) is 11.8 Å². The predicted octanol–water partition coefficient (Wildman–Crippen LogP) is 3.84. The fraction of sp³-hybridized carbons (Fsp3) is 0.310. The average Bonchev–Trinajstić information content (AvgIpc) is 2.96. The van der Waals surface area contributed by atoms with E-state index in [1.807, 2.05) is 19.1 Å². The van der Waals surface area contributed by atoms with Gasteiger partial charge in [-0.3, -0.25) is 13.9 Å². The maximum atomic E-state index is 13.9. The number of ether oxygens (including phenoxy) is 2. The number of hydrogen-bond acceptors (Lipinski definition) is 6. The minimum absolute atomic E-state index is 0.0115. The molecule has 0 aromatic heterocycles. The Morgan fingerprint density at radius 3 is 1.92 bits per heavy atom.